The quantitative estimate of drug-likeness (QED) is 0.734. The molecule has 0 fully saturated rings. The molecule has 3 aromatic rings. The number of rotatable bonds is 2. The molecule has 0 aliphatic carbocycles. The van der Waals surface area contributed by atoms with Crippen LogP contribution in [0.1, 0.15) is 0 Å². The Bertz CT molecular complexity index is 973. The van der Waals surface area contributed by atoms with Crippen molar-refractivity contribution in [3.63, 3.8) is 0 Å². The van der Waals surface area contributed by atoms with Gasteiger partial charge in [0.25, 0.3) is 0 Å². The van der Waals surface area contributed by atoms with Crippen LogP contribution in [0.25, 0.3) is 21.9 Å². The summed E-state index contributed by atoms with van der Waals surface area (Å²) in [5.41, 5.74) is 1.09. The summed E-state index contributed by atoms with van der Waals surface area (Å²) in [5.74, 6) is 0. The molecule has 6 heteroatoms. The number of hydrogen-bond donors (Lipinski definition) is 1. The Morgan fingerprint density at radius 2 is 1.70 bits per heavy atom. The minimum Gasteiger partial charge on any atom is -0.456 e. The van der Waals surface area contributed by atoms with Gasteiger partial charge in [0.2, 0.25) is 15.5 Å². The fourth-order valence-electron chi connectivity index (χ4n) is 2.08. The molecule has 1 heterocycles. The molecule has 0 aliphatic rings. The Balaban J connectivity index is 2.31. The molecular weight excluding hydrogens is 278 g/mol. The zero-order valence-electron chi connectivity index (χ0n) is 10.6. The summed E-state index contributed by atoms with van der Waals surface area (Å²) < 4.78 is 30.4. The van der Waals surface area contributed by atoms with E-state index in [1.54, 1.807) is 36.4 Å². The summed E-state index contributed by atoms with van der Waals surface area (Å²) >= 11 is 0. The van der Waals surface area contributed by atoms with E-state index in [-0.39, 0.29) is 5.43 Å². The number of hydrogen-bond acceptors (Lipinski definition) is 4. The fourth-order valence-corrected chi connectivity index (χ4v) is 2.64. The van der Waals surface area contributed by atoms with Crippen molar-refractivity contribution < 1.29 is 12.8 Å². The van der Waals surface area contributed by atoms with Crippen LogP contribution in [0.5, 0.6) is 0 Å². The Kier molecular flexibility index (Phi) is 2.76. The van der Waals surface area contributed by atoms with Crippen molar-refractivity contribution in [2.75, 3.05) is 11.0 Å². The predicted octanol–water partition coefficient (Wildman–Crippen LogP) is 2.32. The largest absolute Gasteiger partial charge is 0.456 e. The molecule has 1 aromatic heterocycles. The third-order valence-electron chi connectivity index (χ3n) is 2.88. The van der Waals surface area contributed by atoms with Crippen molar-refractivity contribution in [3.05, 3.63) is 52.7 Å². The van der Waals surface area contributed by atoms with E-state index in [1.165, 1.54) is 6.07 Å². The number of benzene rings is 2. The van der Waals surface area contributed by atoms with Gasteiger partial charge >= 0.3 is 0 Å². The smallest absolute Gasteiger partial charge is 0.229 e. The zero-order valence-corrected chi connectivity index (χ0v) is 11.4. The summed E-state index contributed by atoms with van der Waals surface area (Å²) in [7, 11) is -3.38. The summed E-state index contributed by atoms with van der Waals surface area (Å²) in [5, 5.41) is 0.814. The maximum atomic E-state index is 12.4. The number of fused-ring (bicyclic) bond motifs is 2. The summed E-state index contributed by atoms with van der Waals surface area (Å²) in [6.45, 7) is 0. The van der Waals surface area contributed by atoms with Crippen molar-refractivity contribution >= 4 is 37.6 Å². The van der Waals surface area contributed by atoms with E-state index in [0.717, 1.165) is 6.26 Å². The maximum Gasteiger partial charge on any atom is 0.229 e. The van der Waals surface area contributed by atoms with Gasteiger partial charge in [-0.05, 0) is 30.3 Å². The minimum atomic E-state index is -3.38. The third-order valence-corrected chi connectivity index (χ3v) is 3.49. The Hall–Kier alpha value is -2.34. The van der Waals surface area contributed by atoms with E-state index in [1.807, 2.05) is 0 Å². The van der Waals surface area contributed by atoms with Crippen LogP contribution in [0.15, 0.2) is 51.7 Å². The molecule has 0 bridgehead atoms. The van der Waals surface area contributed by atoms with Crippen molar-refractivity contribution in [2.45, 2.75) is 0 Å². The molecule has 0 saturated heterocycles. The highest BCUT2D eigenvalue weighted by Crippen LogP contribution is 2.21. The Morgan fingerprint density at radius 1 is 1.00 bits per heavy atom. The van der Waals surface area contributed by atoms with Crippen LogP contribution in [0.4, 0.5) is 5.69 Å². The Morgan fingerprint density at radius 3 is 2.45 bits per heavy atom. The van der Waals surface area contributed by atoms with Gasteiger partial charge in [-0.3, -0.25) is 9.52 Å². The van der Waals surface area contributed by atoms with Gasteiger partial charge in [-0.15, -0.1) is 0 Å². The molecule has 20 heavy (non-hydrogen) atoms. The van der Waals surface area contributed by atoms with Crippen molar-refractivity contribution in [1.82, 2.24) is 0 Å². The van der Waals surface area contributed by atoms with E-state index in [9.17, 15) is 13.2 Å². The lowest BCUT2D eigenvalue weighted by Gasteiger charge is -2.05. The average Bonchev–Trinajstić information content (AvgIpc) is 2.38. The van der Waals surface area contributed by atoms with Gasteiger partial charge in [-0.25, -0.2) is 8.42 Å². The summed E-state index contributed by atoms with van der Waals surface area (Å²) in [6, 6.07) is 11.6. The van der Waals surface area contributed by atoms with Crippen molar-refractivity contribution in [2.24, 2.45) is 0 Å². The van der Waals surface area contributed by atoms with E-state index >= 15 is 0 Å². The molecule has 0 unspecified atom stereocenters. The molecule has 0 saturated carbocycles. The molecular formula is C14H11NO4S. The Labute approximate surface area is 114 Å². The van der Waals surface area contributed by atoms with Gasteiger partial charge in [0.1, 0.15) is 11.2 Å². The molecule has 0 atom stereocenters. The van der Waals surface area contributed by atoms with Gasteiger partial charge in [0.15, 0.2) is 0 Å². The van der Waals surface area contributed by atoms with Crippen molar-refractivity contribution in [3.8, 4) is 0 Å². The molecule has 0 spiro atoms. The molecule has 0 amide bonds. The second kappa shape index (κ2) is 4.35. The lowest BCUT2D eigenvalue weighted by atomic mass is 10.1. The molecule has 0 aliphatic heterocycles. The highest BCUT2D eigenvalue weighted by atomic mass is 32.2. The molecule has 0 radical (unpaired) electrons. The molecule has 102 valence electrons. The van der Waals surface area contributed by atoms with E-state index in [0.29, 0.717) is 27.6 Å². The van der Waals surface area contributed by atoms with Gasteiger partial charge < -0.3 is 4.42 Å². The van der Waals surface area contributed by atoms with Gasteiger partial charge in [0.05, 0.1) is 17.0 Å². The second-order valence-electron chi connectivity index (χ2n) is 4.51. The van der Waals surface area contributed by atoms with Crippen LogP contribution in [0.3, 0.4) is 0 Å². The maximum absolute atomic E-state index is 12.4. The monoisotopic (exact) mass is 289 g/mol. The lowest BCUT2D eigenvalue weighted by molar-refractivity contribution is 0.607. The molecule has 2 aromatic carbocycles. The second-order valence-corrected chi connectivity index (χ2v) is 6.26. The normalized spacial score (nSPS) is 11.8. The van der Waals surface area contributed by atoms with Crippen LogP contribution in [-0.2, 0) is 10.0 Å². The van der Waals surface area contributed by atoms with Crippen molar-refractivity contribution in [1.29, 1.82) is 0 Å². The van der Waals surface area contributed by atoms with Gasteiger partial charge in [-0.1, -0.05) is 12.1 Å². The average molecular weight is 289 g/mol. The highest BCUT2D eigenvalue weighted by Gasteiger charge is 2.09. The highest BCUT2D eigenvalue weighted by molar-refractivity contribution is 7.92. The lowest BCUT2D eigenvalue weighted by Crippen LogP contribution is -2.10. The number of sulfonamides is 1. The van der Waals surface area contributed by atoms with E-state index in [4.69, 9.17) is 4.42 Å². The van der Waals surface area contributed by atoms with E-state index in [2.05, 4.69) is 4.72 Å². The zero-order chi connectivity index (χ0) is 14.3. The van der Waals surface area contributed by atoms with Crippen LogP contribution in [0, 0.1) is 0 Å². The number of para-hydroxylation sites is 1. The van der Waals surface area contributed by atoms with Crippen LogP contribution < -0.4 is 10.2 Å². The van der Waals surface area contributed by atoms with Gasteiger partial charge in [-0.2, -0.15) is 0 Å². The minimum absolute atomic E-state index is 0.181. The van der Waals surface area contributed by atoms with Crippen LogP contribution >= 0.6 is 0 Å². The summed E-state index contributed by atoms with van der Waals surface area (Å²) in [4.78, 5) is 12.4. The number of nitrogens with one attached hydrogen (secondary N) is 1. The van der Waals surface area contributed by atoms with Crippen LogP contribution in [0.2, 0.25) is 0 Å². The number of anilines is 1. The first-order chi connectivity index (χ1) is 9.44. The van der Waals surface area contributed by atoms with E-state index < -0.39 is 10.0 Å². The third kappa shape index (κ3) is 2.25. The molecule has 1 N–H and O–H groups in total. The predicted molar refractivity (Wildman–Crippen MR) is 78.5 cm³/mol. The van der Waals surface area contributed by atoms with Gasteiger partial charge in [0, 0.05) is 5.69 Å². The molecule has 3 rings (SSSR count). The topological polar surface area (TPSA) is 76.4 Å². The summed E-state index contributed by atoms with van der Waals surface area (Å²) in [6.07, 6.45) is 1.06. The standard InChI is InChI=1S/C14H11NO4S/c1-20(17,18)15-9-6-7-13-11(8-9)14(16)10-4-2-3-5-12(10)19-13/h2-8,15H,1H3. The molecule has 5 nitrogen and oxygen atoms in total. The fraction of sp³-hybridized carbons (Fsp3) is 0.0714. The first-order valence-electron chi connectivity index (χ1n) is 5.87. The van der Waals surface area contributed by atoms with Crippen LogP contribution in [-0.4, -0.2) is 14.7 Å². The first kappa shape index (κ1) is 12.7. The SMILES string of the molecule is CS(=O)(=O)Nc1ccc2oc3ccccc3c(=O)c2c1. The first-order valence-corrected chi connectivity index (χ1v) is 7.76.